The van der Waals surface area contributed by atoms with Gasteiger partial charge in [0.25, 0.3) is 0 Å². The van der Waals surface area contributed by atoms with Crippen LogP contribution in [0.3, 0.4) is 0 Å². The topological polar surface area (TPSA) is 44.8 Å². The molecule has 1 atom stereocenters. The molecule has 0 saturated heterocycles. The average molecular weight is 383 g/mol. The van der Waals surface area contributed by atoms with Crippen LogP contribution >= 0.6 is 0 Å². The molecule has 0 spiro atoms. The molecule has 1 aliphatic heterocycles. The van der Waals surface area contributed by atoms with Crippen molar-refractivity contribution >= 4 is 5.97 Å². The maximum absolute atomic E-state index is 13.0. The lowest BCUT2D eigenvalue weighted by molar-refractivity contribution is 0.0460. The molecule has 3 rings (SSSR count). The summed E-state index contributed by atoms with van der Waals surface area (Å²) in [7, 11) is 0. The van der Waals surface area contributed by atoms with Crippen LogP contribution in [0.2, 0.25) is 0 Å². The summed E-state index contributed by atoms with van der Waals surface area (Å²) in [5, 5.41) is 0. The lowest BCUT2D eigenvalue weighted by Gasteiger charge is -2.25. The van der Waals surface area contributed by atoms with Crippen LogP contribution in [0.5, 0.6) is 11.5 Å². The number of benzene rings is 2. The Bertz CT molecular complexity index is 812. The van der Waals surface area contributed by atoms with Crippen molar-refractivity contribution in [1.82, 2.24) is 0 Å². The van der Waals surface area contributed by atoms with Crippen LogP contribution in [0.1, 0.15) is 79.6 Å². The Morgan fingerprint density at radius 2 is 1.79 bits per heavy atom. The van der Waals surface area contributed by atoms with Crippen LogP contribution < -0.4 is 4.74 Å². The van der Waals surface area contributed by atoms with Crippen LogP contribution in [0.4, 0.5) is 0 Å². The third-order valence-electron chi connectivity index (χ3n) is 5.10. The molecule has 4 heteroatoms. The fourth-order valence-electron chi connectivity index (χ4n) is 3.43. The van der Waals surface area contributed by atoms with Gasteiger partial charge in [-0.15, -0.1) is 0 Å². The van der Waals surface area contributed by atoms with Gasteiger partial charge in [-0.1, -0.05) is 51.0 Å². The molecule has 1 heterocycles. The van der Waals surface area contributed by atoms with E-state index in [2.05, 4.69) is 13.8 Å². The Labute approximate surface area is 167 Å². The number of ether oxygens (including phenoxy) is 3. The molecule has 0 bridgehead atoms. The van der Waals surface area contributed by atoms with Gasteiger partial charge in [0, 0.05) is 18.6 Å². The Balaban J connectivity index is 1.95. The number of carbonyl (C=O) groups is 1. The van der Waals surface area contributed by atoms with Gasteiger partial charge in [-0.25, -0.2) is 4.79 Å². The quantitative estimate of drug-likeness (QED) is 0.326. The maximum Gasteiger partial charge on any atom is 0.338 e. The van der Waals surface area contributed by atoms with Gasteiger partial charge < -0.3 is 14.2 Å². The number of para-hydroxylation sites is 1. The Hall–Kier alpha value is -2.33. The molecule has 1 aliphatic rings. The highest BCUT2D eigenvalue weighted by Crippen LogP contribution is 2.40. The highest BCUT2D eigenvalue weighted by molar-refractivity contribution is 5.94. The fourth-order valence-corrected chi connectivity index (χ4v) is 3.43. The van der Waals surface area contributed by atoms with E-state index in [-0.39, 0.29) is 12.1 Å². The summed E-state index contributed by atoms with van der Waals surface area (Å²) < 4.78 is 17.7. The van der Waals surface area contributed by atoms with Gasteiger partial charge in [0.15, 0.2) is 0 Å². The summed E-state index contributed by atoms with van der Waals surface area (Å²) in [5.74, 6) is 1.29. The van der Waals surface area contributed by atoms with E-state index >= 15 is 0 Å². The normalized spacial score (nSPS) is 13.2. The Morgan fingerprint density at radius 3 is 2.57 bits per heavy atom. The summed E-state index contributed by atoms with van der Waals surface area (Å²) in [6.45, 7) is 7.33. The molecule has 0 aliphatic carbocycles. The summed E-state index contributed by atoms with van der Waals surface area (Å²) in [4.78, 5) is 13.0. The average Bonchev–Trinajstić information content (AvgIpc) is 2.71. The number of carbonyl (C=O) groups excluding carboxylic acids is 1. The lowest BCUT2D eigenvalue weighted by atomic mass is 9.91. The molecule has 0 N–H and O–H groups in total. The van der Waals surface area contributed by atoms with Gasteiger partial charge in [0.2, 0.25) is 0 Å². The maximum atomic E-state index is 13.0. The van der Waals surface area contributed by atoms with E-state index in [1.54, 1.807) is 0 Å². The zero-order valence-electron chi connectivity index (χ0n) is 17.1. The Morgan fingerprint density at radius 1 is 1.04 bits per heavy atom. The van der Waals surface area contributed by atoms with Crippen LogP contribution in [-0.4, -0.2) is 19.2 Å². The summed E-state index contributed by atoms with van der Waals surface area (Å²) in [5.41, 5.74) is 3.45. The molecule has 0 fully saturated rings. The summed E-state index contributed by atoms with van der Waals surface area (Å²) >= 11 is 0. The first-order chi connectivity index (χ1) is 13.7. The number of hydrogen-bond donors (Lipinski definition) is 0. The van der Waals surface area contributed by atoms with E-state index in [0.29, 0.717) is 25.2 Å². The highest BCUT2D eigenvalue weighted by atomic mass is 16.5. The predicted octanol–water partition coefficient (Wildman–Crippen LogP) is 6.22. The van der Waals surface area contributed by atoms with Crippen molar-refractivity contribution in [3.63, 3.8) is 0 Å². The fraction of sp³-hybridized carbons (Fsp3) is 0.458. The van der Waals surface area contributed by atoms with E-state index in [4.69, 9.17) is 14.2 Å². The van der Waals surface area contributed by atoms with Crippen LogP contribution in [0.25, 0.3) is 0 Å². The predicted molar refractivity (Wildman–Crippen MR) is 110 cm³/mol. The van der Waals surface area contributed by atoms with Gasteiger partial charge in [-0.05, 0) is 43.0 Å². The number of esters is 1. The number of fused-ring (bicyclic) bond motifs is 2. The Kier molecular flexibility index (Phi) is 7.10. The van der Waals surface area contributed by atoms with Gasteiger partial charge in [0.05, 0.1) is 18.3 Å². The van der Waals surface area contributed by atoms with Crippen molar-refractivity contribution < 1.29 is 19.0 Å². The van der Waals surface area contributed by atoms with Crippen molar-refractivity contribution in [1.29, 1.82) is 0 Å². The van der Waals surface area contributed by atoms with Crippen molar-refractivity contribution in [2.24, 2.45) is 0 Å². The van der Waals surface area contributed by atoms with E-state index in [1.807, 2.05) is 43.3 Å². The molecule has 0 amide bonds. The molecule has 28 heavy (non-hydrogen) atoms. The molecule has 0 aromatic heterocycles. The van der Waals surface area contributed by atoms with Gasteiger partial charge >= 0.3 is 5.97 Å². The minimum Gasteiger partial charge on any atom is -0.462 e. The second-order valence-electron chi connectivity index (χ2n) is 7.25. The molecule has 2 aromatic carbocycles. The monoisotopic (exact) mass is 382 g/mol. The third kappa shape index (κ3) is 4.56. The highest BCUT2D eigenvalue weighted by Gasteiger charge is 2.28. The van der Waals surface area contributed by atoms with E-state index < -0.39 is 0 Å². The molecule has 2 aromatic rings. The number of rotatable bonds is 9. The molecule has 150 valence electrons. The zero-order chi connectivity index (χ0) is 19.9. The van der Waals surface area contributed by atoms with Gasteiger partial charge in [0.1, 0.15) is 11.5 Å². The standard InChI is InChI=1S/C24H30O4/c1-4-6-14-26-17(3)19-12-13-22-20(23(19)24(25)27-15-7-5-2)16-18-10-8-9-11-21(18)28-22/h8-13,17H,4-7,14-16H2,1-3H3. The smallest absolute Gasteiger partial charge is 0.338 e. The van der Waals surface area contributed by atoms with E-state index in [1.165, 1.54) is 0 Å². The van der Waals surface area contributed by atoms with Gasteiger partial charge in [-0.2, -0.15) is 0 Å². The minimum atomic E-state index is -0.283. The lowest BCUT2D eigenvalue weighted by Crippen LogP contribution is -2.18. The molecule has 4 nitrogen and oxygen atoms in total. The number of unbranched alkanes of at least 4 members (excludes halogenated alkanes) is 2. The SMILES string of the molecule is CCCCOC(=O)c1c(C(C)OCCCC)ccc2c1Cc1ccccc1O2. The molecule has 0 saturated carbocycles. The summed E-state index contributed by atoms with van der Waals surface area (Å²) in [6, 6.07) is 11.8. The van der Waals surface area contributed by atoms with Crippen LogP contribution in [0.15, 0.2) is 36.4 Å². The molecular weight excluding hydrogens is 352 g/mol. The minimum absolute atomic E-state index is 0.178. The van der Waals surface area contributed by atoms with E-state index in [0.717, 1.165) is 53.9 Å². The molecule has 1 unspecified atom stereocenters. The van der Waals surface area contributed by atoms with Crippen LogP contribution in [-0.2, 0) is 15.9 Å². The second kappa shape index (κ2) is 9.74. The summed E-state index contributed by atoms with van der Waals surface area (Å²) in [6.07, 6.45) is 4.40. The van der Waals surface area contributed by atoms with Crippen molar-refractivity contribution in [3.05, 3.63) is 58.7 Å². The molecule has 0 radical (unpaired) electrons. The first-order valence-corrected chi connectivity index (χ1v) is 10.4. The first kappa shape index (κ1) is 20.4. The largest absolute Gasteiger partial charge is 0.462 e. The number of hydrogen-bond acceptors (Lipinski definition) is 4. The zero-order valence-corrected chi connectivity index (χ0v) is 17.1. The third-order valence-corrected chi connectivity index (χ3v) is 5.10. The van der Waals surface area contributed by atoms with Crippen molar-refractivity contribution in [2.45, 2.75) is 59.0 Å². The second-order valence-corrected chi connectivity index (χ2v) is 7.25. The van der Waals surface area contributed by atoms with E-state index in [9.17, 15) is 4.79 Å². The van der Waals surface area contributed by atoms with Crippen molar-refractivity contribution in [2.75, 3.05) is 13.2 Å². The molecular formula is C24H30O4. The van der Waals surface area contributed by atoms with Crippen LogP contribution in [0, 0.1) is 0 Å². The van der Waals surface area contributed by atoms with Gasteiger partial charge in [-0.3, -0.25) is 0 Å². The van der Waals surface area contributed by atoms with Crippen molar-refractivity contribution in [3.8, 4) is 11.5 Å². The first-order valence-electron chi connectivity index (χ1n) is 10.4.